The Hall–Kier alpha value is -1.35. The Morgan fingerprint density at radius 2 is 1.88 bits per heavy atom. The highest BCUT2D eigenvalue weighted by Crippen LogP contribution is 2.16. The highest BCUT2D eigenvalue weighted by molar-refractivity contribution is 5.84. The van der Waals surface area contributed by atoms with E-state index < -0.39 is 17.9 Å². The van der Waals surface area contributed by atoms with E-state index in [0.717, 1.165) is 0 Å². The molecular weight excluding hydrogens is 214 g/mol. The van der Waals surface area contributed by atoms with Crippen molar-refractivity contribution in [2.75, 3.05) is 13.1 Å². The largest absolute Gasteiger partial charge is 0.380 e. The Kier molecular flexibility index (Phi) is 4.15. The predicted octanol–water partition coefficient (Wildman–Crippen LogP) is 1.85. The van der Waals surface area contributed by atoms with Crippen molar-refractivity contribution < 1.29 is 11.3 Å². The first-order chi connectivity index (χ1) is 8.45. The minimum absolute atomic E-state index is 0.392. The quantitative estimate of drug-likeness (QED) is 0.847. The first-order valence-corrected chi connectivity index (χ1v) is 5.94. The standard InChI is InChI=1S/C14H21NO2/c1-4-15(5-2)13(16)14(3,17)11-12-9-7-6-8-10-12/h6-10,17H,4-5,11H2,1-3H3/i11D. The average Bonchev–Trinajstić information content (AvgIpc) is 2.40. The summed E-state index contributed by atoms with van der Waals surface area (Å²) >= 11 is 0. The first kappa shape index (κ1) is 12.1. The maximum atomic E-state index is 12.2. The number of rotatable bonds is 5. The zero-order valence-electron chi connectivity index (χ0n) is 11.7. The molecule has 1 aromatic carbocycles. The van der Waals surface area contributed by atoms with Crippen molar-refractivity contribution in [3.8, 4) is 0 Å². The lowest BCUT2D eigenvalue weighted by Gasteiger charge is -2.29. The number of hydrogen-bond donors (Lipinski definition) is 1. The molecule has 0 aromatic heterocycles. The van der Waals surface area contributed by atoms with Crippen LogP contribution in [0.2, 0.25) is 0 Å². The van der Waals surface area contributed by atoms with Crippen molar-refractivity contribution in [1.29, 1.82) is 0 Å². The lowest BCUT2D eigenvalue weighted by Crippen LogP contribution is -2.48. The fourth-order valence-corrected chi connectivity index (χ4v) is 1.77. The third-order valence-electron chi connectivity index (χ3n) is 2.73. The van der Waals surface area contributed by atoms with Crippen LogP contribution in [-0.2, 0) is 11.2 Å². The molecule has 0 bridgehead atoms. The maximum absolute atomic E-state index is 12.2. The molecule has 0 fully saturated rings. The van der Waals surface area contributed by atoms with Gasteiger partial charge in [0.05, 0.1) is 0 Å². The van der Waals surface area contributed by atoms with Gasteiger partial charge in [-0.15, -0.1) is 0 Å². The Morgan fingerprint density at radius 3 is 2.35 bits per heavy atom. The van der Waals surface area contributed by atoms with Crippen LogP contribution in [0.5, 0.6) is 0 Å². The van der Waals surface area contributed by atoms with Crippen LogP contribution in [0.4, 0.5) is 0 Å². The van der Waals surface area contributed by atoms with E-state index in [9.17, 15) is 9.90 Å². The van der Waals surface area contributed by atoms with Crippen LogP contribution >= 0.6 is 0 Å². The molecular formula is C14H21NO2. The van der Waals surface area contributed by atoms with Gasteiger partial charge in [0.2, 0.25) is 0 Å². The summed E-state index contributed by atoms with van der Waals surface area (Å²) in [6.45, 7) is 6.20. The van der Waals surface area contributed by atoms with Gasteiger partial charge in [0.25, 0.3) is 5.91 Å². The molecule has 0 radical (unpaired) electrons. The fourth-order valence-electron chi connectivity index (χ4n) is 1.77. The molecule has 0 spiro atoms. The number of carbonyl (C=O) groups excluding carboxylic acids is 1. The number of nitrogens with zero attached hydrogens (tertiary/aromatic N) is 1. The maximum Gasteiger partial charge on any atom is 0.254 e. The molecule has 1 rings (SSSR count). The van der Waals surface area contributed by atoms with E-state index in [1.807, 2.05) is 19.9 Å². The van der Waals surface area contributed by atoms with Crippen molar-refractivity contribution in [3.63, 3.8) is 0 Å². The predicted molar refractivity (Wildman–Crippen MR) is 68.7 cm³/mol. The van der Waals surface area contributed by atoms with Gasteiger partial charge in [0.15, 0.2) is 0 Å². The molecule has 17 heavy (non-hydrogen) atoms. The van der Waals surface area contributed by atoms with Crippen molar-refractivity contribution in [3.05, 3.63) is 35.9 Å². The number of hydrogen-bond acceptors (Lipinski definition) is 2. The van der Waals surface area contributed by atoms with E-state index in [2.05, 4.69) is 0 Å². The number of amides is 1. The molecule has 0 saturated heterocycles. The van der Waals surface area contributed by atoms with Gasteiger partial charge in [-0.3, -0.25) is 4.79 Å². The summed E-state index contributed by atoms with van der Waals surface area (Å²) in [7, 11) is 0. The lowest BCUT2D eigenvalue weighted by molar-refractivity contribution is -0.149. The van der Waals surface area contributed by atoms with Crippen molar-refractivity contribution in [2.24, 2.45) is 0 Å². The molecule has 2 atom stereocenters. The van der Waals surface area contributed by atoms with E-state index in [-0.39, 0.29) is 0 Å². The molecule has 3 nitrogen and oxygen atoms in total. The normalized spacial score (nSPS) is 16.8. The lowest BCUT2D eigenvalue weighted by atomic mass is 9.95. The second kappa shape index (κ2) is 5.82. The van der Waals surface area contributed by atoms with Gasteiger partial charge in [-0.25, -0.2) is 0 Å². The second-order valence-electron chi connectivity index (χ2n) is 4.18. The van der Waals surface area contributed by atoms with Gasteiger partial charge in [0.1, 0.15) is 5.60 Å². The van der Waals surface area contributed by atoms with Gasteiger partial charge in [-0.1, -0.05) is 30.3 Å². The molecule has 2 unspecified atom stereocenters. The minimum Gasteiger partial charge on any atom is -0.380 e. The Balaban J connectivity index is 2.95. The number of aliphatic hydroxyl groups is 1. The molecule has 94 valence electrons. The van der Waals surface area contributed by atoms with Gasteiger partial charge in [-0.2, -0.15) is 0 Å². The highest BCUT2D eigenvalue weighted by atomic mass is 16.3. The summed E-state index contributed by atoms with van der Waals surface area (Å²) in [4.78, 5) is 13.7. The number of likely N-dealkylation sites (N-methyl/N-ethyl adjacent to an activating group) is 1. The van der Waals surface area contributed by atoms with Crippen molar-refractivity contribution in [1.82, 2.24) is 4.90 Å². The van der Waals surface area contributed by atoms with Crippen LogP contribution in [-0.4, -0.2) is 34.6 Å². The highest BCUT2D eigenvalue weighted by Gasteiger charge is 2.33. The fraction of sp³-hybridized carbons (Fsp3) is 0.500. The van der Waals surface area contributed by atoms with Gasteiger partial charge in [0, 0.05) is 20.9 Å². The SMILES string of the molecule is [2H]C(c1ccccc1)C(C)(O)C(=O)N(CC)CC. The average molecular weight is 236 g/mol. The summed E-state index contributed by atoms with van der Waals surface area (Å²) in [6, 6.07) is 8.95. The van der Waals surface area contributed by atoms with Crippen LogP contribution < -0.4 is 0 Å². The van der Waals surface area contributed by atoms with E-state index in [1.54, 1.807) is 29.2 Å². The van der Waals surface area contributed by atoms with Gasteiger partial charge >= 0.3 is 0 Å². The molecule has 0 heterocycles. The number of carbonyl (C=O) groups is 1. The zero-order chi connectivity index (χ0) is 13.8. The zero-order valence-corrected chi connectivity index (χ0v) is 10.7. The van der Waals surface area contributed by atoms with Crippen LogP contribution in [0.25, 0.3) is 0 Å². The molecule has 1 N–H and O–H groups in total. The molecule has 3 heteroatoms. The van der Waals surface area contributed by atoms with Gasteiger partial charge < -0.3 is 10.0 Å². The Bertz CT molecular complexity index is 388. The summed E-state index contributed by atoms with van der Waals surface area (Å²) in [6.07, 6.45) is -0.980. The molecule has 0 saturated carbocycles. The molecule has 0 aliphatic rings. The van der Waals surface area contributed by atoms with Crippen molar-refractivity contribution >= 4 is 5.91 Å². The van der Waals surface area contributed by atoms with Crippen LogP contribution in [0, 0.1) is 0 Å². The topological polar surface area (TPSA) is 40.5 Å². The van der Waals surface area contributed by atoms with E-state index >= 15 is 0 Å². The Labute approximate surface area is 104 Å². The first-order valence-electron chi connectivity index (χ1n) is 6.51. The smallest absolute Gasteiger partial charge is 0.254 e. The van der Waals surface area contributed by atoms with Gasteiger partial charge in [-0.05, 0) is 26.3 Å². The van der Waals surface area contributed by atoms with Crippen LogP contribution in [0.3, 0.4) is 0 Å². The van der Waals surface area contributed by atoms with Crippen LogP contribution in [0.15, 0.2) is 30.3 Å². The summed E-state index contributed by atoms with van der Waals surface area (Å²) in [5.74, 6) is -0.392. The molecule has 1 amide bonds. The third kappa shape index (κ3) is 3.56. The molecule has 0 aliphatic heterocycles. The van der Waals surface area contributed by atoms with E-state index in [0.29, 0.717) is 18.7 Å². The summed E-state index contributed by atoms with van der Waals surface area (Å²) < 4.78 is 8.09. The monoisotopic (exact) mass is 236 g/mol. The molecule has 0 aliphatic carbocycles. The van der Waals surface area contributed by atoms with E-state index in [1.165, 1.54) is 6.92 Å². The summed E-state index contributed by atoms with van der Waals surface area (Å²) in [5.41, 5.74) is -1.06. The Morgan fingerprint density at radius 1 is 1.35 bits per heavy atom. The molecule has 1 aromatic rings. The van der Waals surface area contributed by atoms with E-state index in [4.69, 9.17) is 1.37 Å². The number of benzene rings is 1. The van der Waals surface area contributed by atoms with Crippen molar-refractivity contribution in [2.45, 2.75) is 32.8 Å². The minimum atomic E-state index is -1.70. The second-order valence-corrected chi connectivity index (χ2v) is 4.18. The van der Waals surface area contributed by atoms with Crippen LogP contribution in [0.1, 0.15) is 27.7 Å². The summed E-state index contributed by atoms with van der Waals surface area (Å²) in [5, 5.41) is 10.4. The third-order valence-corrected chi connectivity index (χ3v) is 2.73.